The third-order valence-electron chi connectivity index (χ3n) is 3.07. The molecule has 0 aliphatic carbocycles. The van der Waals surface area contributed by atoms with Crippen LogP contribution in [-0.4, -0.2) is 50.3 Å². The molecule has 0 saturated heterocycles. The van der Waals surface area contributed by atoms with Crippen LogP contribution >= 0.6 is 0 Å². The molecule has 0 aromatic rings. The Labute approximate surface area is 141 Å². The van der Waals surface area contributed by atoms with Crippen LogP contribution < -0.4 is 0 Å². The molecule has 0 spiro atoms. The van der Waals surface area contributed by atoms with Crippen LogP contribution in [0.2, 0.25) is 0 Å². The van der Waals surface area contributed by atoms with E-state index in [1.165, 1.54) is 27.7 Å². The number of carbonyl (C=O) groups is 4. The van der Waals surface area contributed by atoms with E-state index in [9.17, 15) is 19.2 Å². The molecule has 0 heterocycles. The first kappa shape index (κ1) is 21.9. The molecule has 24 heavy (non-hydrogen) atoms. The Morgan fingerprint density at radius 1 is 0.542 bits per heavy atom. The van der Waals surface area contributed by atoms with Gasteiger partial charge in [0, 0.05) is 39.5 Å². The maximum atomic E-state index is 10.9. The zero-order valence-corrected chi connectivity index (χ0v) is 14.7. The van der Waals surface area contributed by atoms with Crippen LogP contribution in [0.25, 0.3) is 0 Å². The van der Waals surface area contributed by atoms with Crippen molar-refractivity contribution in [1.82, 2.24) is 0 Å². The number of esters is 4. The Kier molecular flexibility index (Phi) is 11.2. The third-order valence-corrected chi connectivity index (χ3v) is 3.07. The van der Waals surface area contributed by atoms with E-state index >= 15 is 0 Å². The standard InChI is InChI=1S/C16H26O8/c1-11(17)21-7-15(8-22-12(2)18)5-6-16(9-23-13(3)19)10-24-14(4)20/h15-16H,5-10H2,1-4H3. The Bertz CT molecular complexity index is 356. The van der Waals surface area contributed by atoms with Gasteiger partial charge in [-0.05, 0) is 12.8 Å². The van der Waals surface area contributed by atoms with Crippen LogP contribution in [-0.2, 0) is 38.1 Å². The largest absolute Gasteiger partial charge is 0.465 e. The lowest BCUT2D eigenvalue weighted by molar-refractivity contribution is -0.149. The lowest BCUT2D eigenvalue weighted by atomic mass is 9.97. The van der Waals surface area contributed by atoms with Crippen LogP contribution in [0.1, 0.15) is 40.5 Å². The molecular formula is C16H26O8. The van der Waals surface area contributed by atoms with Gasteiger partial charge < -0.3 is 18.9 Å². The lowest BCUT2D eigenvalue weighted by Gasteiger charge is -2.20. The summed E-state index contributed by atoms with van der Waals surface area (Å²) in [4.78, 5) is 43.7. The van der Waals surface area contributed by atoms with E-state index in [2.05, 4.69) is 0 Å². The second-order valence-corrected chi connectivity index (χ2v) is 5.52. The van der Waals surface area contributed by atoms with E-state index in [0.717, 1.165) is 0 Å². The average Bonchev–Trinajstić information content (AvgIpc) is 2.47. The monoisotopic (exact) mass is 346 g/mol. The topological polar surface area (TPSA) is 105 Å². The molecule has 0 fully saturated rings. The highest BCUT2D eigenvalue weighted by Gasteiger charge is 2.18. The highest BCUT2D eigenvalue weighted by atomic mass is 16.6. The summed E-state index contributed by atoms with van der Waals surface area (Å²) in [5, 5.41) is 0. The second-order valence-electron chi connectivity index (χ2n) is 5.52. The van der Waals surface area contributed by atoms with Gasteiger partial charge in [0.05, 0.1) is 26.4 Å². The molecule has 0 amide bonds. The average molecular weight is 346 g/mol. The van der Waals surface area contributed by atoms with Crippen molar-refractivity contribution < 1.29 is 38.1 Å². The molecular weight excluding hydrogens is 320 g/mol. The van der Waals surface area contributed by atoms with Gasteiger partial charge in [0.1, 0.15) is 0 Å². The molecule has 0 radical (unpaired) electrons. The Hall–Kier alpha value is -2.12. The predicted molar refractivity (Wildman–Crippen MR) is 82.7 cm³/mol. The summed E-state index contributed by atoms with van der Waals surface area (Å²) < 4.78 is 19.9. The van der Waals surface area contributed by atoms with E-state index in [1.54, 1.807) is 0 Å². The van der Waals surface area contributed by atoms with Crippen LogP contribution in [0.3, 0.4) is 0 Å². The fourth-order valence-electron chi connectivity index (χ4n) is 1.84. The number of ether oxygens (including phenoxy) is 4. The first-order valence-electron chi connectivity index (χ1n) is 7.74. The highest BCUT2D eigenvalue weighted by Crippen LogP contribution is 2.16. The number of hydrogen-bond donors (Lipinski definition) is 0. The summed E-state index contributed by atoms with van der Waals surface area (Å²) in [6.45, 7) is 5.68. The molecule has 0 bridgehead atoms. The van der Waals surface area contributed by atoms with Gasteiger partial charge in [0.2, 0.25) is 0 Å². The van der Waals surface area contributed by atoms with E-state index < -0.39 is 23.9 Å². The van der Waals surface area contributed by atoms with Gasteiger partial charge in [0.25, 0.3) is 0 Å². The number of rotatable bonds is 11. The predicted octanol–water partition coefficient (Wildman–Crippen LogP) is 1.25. The number of carbonyl (C=O) groups excluding carboxylic acids is 4. The van der Waals surface area contributed by atoms with Gasteiger partial charge in [-0.15, -0.1) is 0 Å². The van der Waals surface area contributed by atoms with Crippen molar-refractivity contribution in [1.29, 1.82) is 0 Å². The fourth-order valence-corrected chi connectivity index (χ4v) is 1.84. The molecule has 0 aromatic carbocycles. The van der Waals surface area contributed by atoms with Crippen molar-refractivity contribution in [2.24, 2.45) is 11.8 Å². The van der Waals surface area contributed by atoms with Crippen molar-refractivity contribution in [2.45, 2.75) is 40.5 Å². The summed E-state index contributed by atoms with van der Waals surface area (Å²) in [6, 6.07) is 0. The van der Waals surface area contributed by atoms with Gasteiger partial charge in [-0.25, -0.2) is 0 Å². The Balaban J connectivity index is 4.53. The fraction of sp³-hybridized carbons (Fsp3) is 0.750. The maximum absolute atomic E-state index is 10.9. The molecule has 0 aliphatic rings. The summed E-state index contributed by atoms with van der Waals surface area (Å²) >= 11 is 0. The molecule has 8 heteroatoms. The molecule has 0 unspecified atom stereocenters. The third kappa shape index (κ3) is 13.5. The zero-order valence-electron chi connectivity index (χ0n) is 14.7. The lowest BCUT2D eigenvalue weighted by Crippen LogP contribution is -2.24. The van der Waals surface area contributed by atoms with Gasteiger partial charge in [-0.2, -0.15) is 0 Å². The minimum Gasteiger partial charge on any atom is -0.465 e. The smallest absolute Gasteiger partial charge is 0.302 e. The van der Waals surface area contributed by atoms with E-state index in [0.29, 0.717) is 12.8 Å². The van der Waals surface area contributed by atoms with Crippen LogP contribution in [0.15, 0.2) is 0 Å². The van der Waals surface area contributed by atoms with Crippen molar-refractivity contribution >= 4 is 23.9 Å². The molecule has 0 aromatic heterocycles. The molecule has 0 atom stereocenters. The molecule has 8 nitrogen and oxygen atoms in total. The summed E-state index contributed by atoms with van der Waals surface area (Å²) in [5.41, 5.74) is 0. The minimum atomic E-state index is -0.417. The summed E-state index contributed by atoms with van der Waals surface area (Å²) in [7, 11) is 0. The highest BCUT2D eigenvalue weighted by molar-refractivity contribution is 5.67. The van der Waals surface area contributed by atoms with Crippen LogP contribution in [0.5, 0.6) is 0 Å². The van der Waals surface area contributed by atoms with Crippen molar-refractivity contribution in [2.75, 3.05) is 26.4 Å². The van der Waals surface area contributed by atoms with Gasteiger partial charge in [-0.3, -0.25) is 19.2 Å². The molecule has 0 rings (SSSR count). The van der Waals surface area contributed by atoms with Crippen molar-refractivity contribution in [3.05, 3.63) is 0 Å². The van der Waals surface area contributed by atoms with Gasteiger partial charge in [0.15, 0.2) is 0 Å². The minimum absolute atomic E-state index is 0.121. The zero-order chi connectivity index (χ0) is 18.5. The molecule has 138 valence electrons. The molecule has 0 aliphatic heterocycles. The maximum Gasteiger partial charge on any atom is 0.302 e. The molecule has 0 N–H and O–H groups in total. The second kappa shape index (κ2) is 12.3. The van der Waals surface area contributed by atoms with Crippen LogP contribution in [0.4, 0.5) is 0 Å². The van der Waals surface area contributed by atoms with E-state index in [4.69, 9.17) is 18.9 Å². The quantitative estimate of drug-likeness (QED) is 0.406. The normalized spacial score (nSPS) is 10.4. The summed E-state index contributed by atoms with van der Waals surface area (Å²) in [5.74, 6) is -2.04. The SMILES string of the molecule is CC(=O)OCC(CCC(COC(C)=O)COC(C)=O)COC(C)=O. The first-order valence-corrected chi connectivity index (χ1v) is 7.74. The van der Waals surface area contributed by atoms with Crippen molar-refractivity contribution in [3.63, 3.8) is 0 Å². The first-order chi connectivity index (χ1) is 11.2. The Morgan fingerprint density at radius 3 is 0.917 bits per heavy atom. The van der Waals surface area contributed by atoms with Crippen LogP contribution in [0, 0.1) is 11.8 Å². The van der Waals surface area contributed by atoms with Gasteiger partial charge >= 0.3 is 23.9 Å². The van der Waals surface area contributed by atoms with Gasteiger partial charge in [-0.1, -0.05) is 0 Å². The Morgan fingerprint density at radius 2 is 0.750 bits per heavy atom. The molecule has 0 saturated carbocycles. The van der Waals surface area contributed by atoms with E-state index in [1.807, 2.05) is 0 Å². The number of hydrogen-bond acceptors (Lipinski definition) is 8. The van der Waals surface area contributed by atoms with E-state index in [-0.39, 0.29) is 38.3 Å². The summed E-state index contributed by atoms with van der Waals surface area (Å²) in [6.07, 6.45) is 1.10. The van der Waals surface area contributed by atoms with Crippen molar-refractivity contribution in [3.8, 4) is 0 Å².